The molecule has 2 rings (SSSR count). The van der Waals surface area contributed by atoms with Crippen molar-refractivity contribution in [2.45, 2.75) is 33.4 Å². The lowest BCUT2D eigenvalue weighted by Crippen LogP contribution is -2.48. The van der Waals surface area contributed by atoms with E-state index in [4.69, 9.17) is 35.4 Å². The number of hydrogen-bond acceptors (Lipinski definition) is 2. The van der Waals surface area contributed by atoms with E-state index in [9.17, 15) is 0 Å². The van der Waals surface area contributed by atoms with Crippen LogP contribution in [0.25, 0.3) is 0 Å². The lowest BCUT2D eigenvalue weighted by atomic mass is 9.87. The Hall–Kier alpha value is -1.30. The molecule has 0 aliphatic heterocycles. The first-order valence-corrected chi connectivity index (χ1v) is 8.42. The van der Waals surface area contributed by atoms with Crippen molar-refractivity contribution in [2.24, 2.45) is 5.41 Å². The lowest BCUT2D eigenvalue weighted by Gasteiger charge is -2.32. The Balaban J connectivity index is 2.05. The molecule has 0 aliphatic carbocycles. The van der Waals surface area contributed by atoms with E-state index in [0.29, 0.717) is 21.7 Å². The van der Waals surface area contributed by atoms with Crippen LogP contribution in [0.15, 0.2) is 36.7 Å². The summed E-state index contributed by atoms with van der Waals surface area (Å²) in [6.45, 7) is 7.19. The van der Waals surface area contributed by atoms with Gasteiger partial charge in [-0.2, -0.15) is 5.10 Å². The van der Waals surface area contributed by atoms with Crippen LogP contribution in [0.5, 0.6) is 0 Å². The Morgan fingerprint density at radius 1 is 1.35 bits per heavy atom. The van der Waals surface area contributed by atoms with Gasteiger partial charge in [-0.25, -0.2) is 0 Å². The number of rotatable bonds is 4. The third kappa shape index (κ3) is 5.37. The van der Waals surface area contributed by atoms with Gasteiger partial charge in [-0.3, -0.25) is 4.68 Å². The van der Waals surface area contributed by atoms with Crippen LogP contribution in [-0.4, -0.2) is 20.9 Å². The van der Waals surface area contributed by atoms with Crippen molar-refractivity contribution < 1.29 is 0 Å². The summed E-state index contributed by atoms with van der Waals surface area (Å²) in [4.78, 5) is 0. The maximum absolute atomic E-state index is 6.17. The monoisotopic (exact) mass is 370 g/mol. The highest BCUT2D eigenvalue weighted by Gasteiger charge is 2.26. The lowest BCUT2D eigenvalue weighted by molar-refractivity contribution is 0.262. The average molecular weight is 371 g/mol. The minimum Gasteiger partial charge on any atom is -0.357 e. The van der Waals surface area contributed by atoms with Crippen molar-refractivity contribution in [3.8, 4) is 0 Å². The maximum Gasteiger partial charge on any atom is 0.171 e. The molecule has 1 atom stereocenters. The van der Waals surface area contributed by atoms with E-state index in [0.717, 1.165) is 5.69 Å². The summed E-state index contributed by atoms with van der Waals surface area (Å²) in [5.41, 5.74) is 0.724. The number of nitrogens with zero attached hydrogens (tertiary/aromatic N) is 2. The third-order valence-corrected chi connectivity index (χ3v) is 4.23. The van der Waals surface area contributed by atoms with Crippen molar-refractivity contribution in [1.82, 2.24) is 15.1 Å². The fraction of sp³-hybridized carbons (Fsp3) is 0.375. The Labute approximate surface area is 152 Å². The van der Waals surface area contributed by atoms with Gasteiger partial charge in [-0.1, -0.05) is 44.0 Å². The van der Waals surface area contributed by atoms with Crippen LogP contribution in [-0.2, 0) is 6.54 Å². The van der Waals surface area contributed by atoms with Crippen LogP contribution in [0, 0.1) is 5.41 Å². The number of anilines is 1. The Bertz CT molecular complexity index is 665. The van der Waals surface area contributed by atoms with E-state index in [-0.39, 0.29) is 11.5 Å². The molecule has 0 spiro atoms. The molecule has 0 bridgehead atoms. The van der Waals surface area contributed by atoms with E-state index < -0.39 is 0 Å². The molecule has 1 aromatic carbocycles. The quantitative estimate of drug-likeness (QED) is 0.772. The largest absolute Gasteiger partial charge is 0.357 e. The molecule has 2 N–H and O–H groups in total. The molecule has 1 heterocycles. The van der Waals surface area contributed by atoms with E-state index >= 15 is 0 Å². The number of halogens is 2. The van der Waals surface area contributed by atoms with Crippen LogP contribution >= 0.6 is 35.4 Å². The average Bonchev–Trinajstić information content (AvgIpc) is 2.93. The van der Waals surface area contributed by atoms with Gasteiger partial charge in [0.05, 0.1) is 23.3 Å². The molecule has 23 heavy (non-hydrogen) atoms. The first kappa shape index (κ1) is 18.0. The zero-order valence-electron chi connectivity index (χ0n) is 13.3. The number of thiocarbonyl (C=S) groups is 1. The van der Waals surface area contributed by atoms with Gasteiger partial charge in [0.2, 0.25) is 0 Å². The van der Waals surface area contributed by atoms with E-state index in [1.165, 1.54) is 0 Å². The molecule has 0 amide bonds. The summed E-state index contributed by atoms with van der Waals surface area (Å²) in [6.07, 6.45) is 3.71. The van der Waals surface area contributed by atoms with Gasteiger partial charge in [-0.15, -0.1) is 0 Å². The molecule has 0 saturated heterocycles. The van der Waals surface area contributed by atoms with E-state index in [1.54, 1.807) is 24.4 Å². The molecule has 2 aromatic rings. The summed E-state index contributed by atoms with van der Waals surface area (Å²) in [5, 5.41) is 12.4. The summed E-state index contributed by atoms with van der Waals surface area (Å²) in [5.74, 6) is 0. The molecule has 0 aliphatic rings. The summed E-state index contributed by atoms with van der Waals surface area (Å²) in [7, 11) is 0. The first-order chi connectivity index (χ1) is 10.8. The number of benzene rings is 1. The Kier molecular flexibility index (Phi) is 5.89. The molecule has 0 unspecified atom stereocenters. The topological polar surface area (TPSA) is 41.9 Å². The van der Waals surface area contributed by atoms with Gasteiger partial charge >= 0.3 is 0 Å². The van der Waals surface area contributed by atoms with Gasteiger partial charge in [-0.05, 0) is 41.9 Å². The molecule has 1 aromatic heterocycles. The fourth-order valence-electron chi connectivity index (χ4n) is 2.04. The molecule has 7 heteroatoms. The molecule has 4 nitrogen and oxygen atoms in total. The van der Waals surface area contributed by atoms with Crippen LogP contribution < -0.4 is 10.6 Å². The minimum absolute atomic E-state index is 0.00147. The Morgan fingerprint density at radius 3 is 2.65 bits per heavy atom. The number of nitrogens with one attached hydrogen (secondary N) is 2. The maximum atomic E-state index is 6.17. The third-order valence-electron chi connectivity index (χ3n) is 3.46. The van der Waals surface area contributed by atoms with Crippen molar-refractivity contribution in [3.63, 3.8) is 0 Å². The number of hydrogen-bond donors (Lipinski definition) is 2. The SMILES string of the molecule is CC(C)(C)[C@H](Cn1cccn1)NC(=S)Nc1ccc(Cl)cc1Cl. The van der Waals surface area contributed by atoms with Gasteiger partial charge in [0.1, 0.15) is 0 Å². The molecular weight excluding hydrogens is 351 g/mol. The van der Waals surface area contributed by atoms with Crippen molar-refractivity contribution in [1.29, 1.82) is 0 Å². The van der Waals surface area contributed by atoms with Crippen LogP contribution in [0.1, 0.15) is 20.8 Å². The standard InChI is InChI=1S/C16H20Cl2N4S/c1-16(2,3)14(10-22-8-4-7-19-22)21-15(23)20-13-6-5-11(17)9-12(13)18/h4-9,14H,10H2,1-3H3,(H2,20,21,23)/t14-/m0/s1. The molecular formula is C16H20Cl2N4S. The predicted octanol–water partition coefficient (Wildman–Crippen LogP) is 4.59. The molecule has 0 saturated carbocycles. The second-order valence-corrected chi connectivity index (χ2v) is 7.62. The normalized spacial score (nSPS) is 12.7. The van der Waals surface area contributed by atoms with Gasteiger partial charge < -0.3 is 10.6 Å². The van der Waals surface area contributed by atoms with Crippen LogP contribution in [0.3, 0.4) is 0 Å². The first-order valence-electron chi connectivity index (χ1n) is 7.26. The zero-order valence-corrected chi connectivity index (χ0v) is 15.6. The van der Waals surface area contributed by atoms with E-state index in [2.05, 4.69) is 36.5 Å². The van der Waals surface area contributed by atoms with Crippen molar-refractivity contribution >= 4 is 46.2 Å². The van der Waals surface area contributed by atoms with Gasteiger partial charge in [0.25, 0.3) is 0 Å². The highest BCUT2D eigenvalue weighted by Crippen LogP contribution is 2.26. The van der Waals surface area contributed by atoms with Crippen molar-refractivity contribution in [2.75, 3.05) is 5.32 Å². The summed E-state index contributed by atoms with van der Waals surface area (Å²) >= 11 is 17.5. The number of aromatic nitrogens is 2. The predicted molar refractivity (Wildman–Crippen MR) is 101 cm³/mol. The second kappa shape index (κ2) is 7.51. The molecule has 0 radical (unpaired) electrons. The molecule has 124 valence electrons. The molecule has 0 fully saturated rings. The minimum atomic E-state index is 0.00147. The summed E-state index contributed by atoms with van der Waals surface area (Å²) < 4.78 is 1.89. The highest BCUT2D eigenvalue weighted by molar-refractivity contribution is 7.80. The smallest absolute Gasteiger partial charge is 0.171 e. The van der Waals surface area contributed by atoms with Gasteiger partial charge in [0, 0.05) is 17.4 Å². The van der Waals surface area contributed by atoms with Crippen LogP contribution in [0.4, 0.5) is 5.69 Å². The second-order valence-electron chi connectivity index (χ2n) is 6.37. The fourth-order valence-corrected chi connectivity index (χ4v) is 2.75. The van der Waals surface area contributed by atoms with E-state index in [1.807, 2.05) is 16.9 Å². The Morgan fingerprint density at radius 2 is 2.09 bits per heavy atom. The summed E-state index contributed by atoms with van der Waals surface area (Å²) in [6, 6.07) is 7.26. The van der Waals surface area contributed by atoms with Crippen LogP contribution in [0.2, 0.25) is 10.0 Å². The van der Waals surface area contributed by atoms with Crippen molar-refractivity contribution in [3.05, 3.63) is 46.7 Å². The van der Waals surface area contributed by atoms with Gasteiger partial charge in [0.15, 0.2) is 5.11 Å². The highest BCUT2D eigenvalue weighted by atomic mass is 35.5. The zero-order chi connectivity index (χ0) is 17.0.